The fraction of sp³-hybridized carbons (Fsp3) is 0.500. The first kappa shape index (κ1) is 15.9. The molecule has 10 nitrogen and oxygen atoms in total. The van der Waals surface area contributed by atoms with Gasteiger partial charge in [-0.1, -0.05) is 0 Å². The second-order valence-corrected chi connectivity index (χ2v) is 4.92. The number of aliphatic hydroxyl groups is 2. The van der Waals surface area contributed by atoms with Gasteiger partial charge in [0.2, 0.25) is 5.91 Å². The highest BCUT2D eigenvalue weighted by Crippen LogP contribution is 2.17. The number of imidazole rings is 1. The van der Waals surface area contributed by atoms with Gasteiger partial charge in [-0.05, 0) is 6.42 Å². The molecule has 0 saturated carbocycles. The summed E-state index contributed by atoms with van der Waals surface area (Å²) in [5.41, 5.74) is -1.17. The molecule has 0 saturated heterocycles. The number of carbonyl (C=O) groups excluding carboxylic acids is 1. The Morgan fingerprint density at radius 1 is 1.36 bits per heavy atom. The normalized spacial score (nSPS) is 14.0. The number of aromatic nitrogens is 4. The third kappa shape index (κ3) is 3.07. The molecular weight excluding hydrogens is 294 g/mol. The molecule has 2 aromatic rings. The van der Waals surface area contributed by atoms with Crippen LogP contribution >= 0.6 is 0 Å². The number of aryl methyl sites for hydroxylation is 1. The molecule has 5 N–H and O–H groups in total. The molecule has 0 aliphatic rings. The maximum absolute atomic E-state index is 11.7. The van der Waals surface area contributed by atoms with Gasteiger partial charge in [-0.3, -0.25) is 19.1 Å². The van der Waals surface area contributed by atoms with Crippen molar-refractivity contribution in [3.63, 3.8) is 0 Å². The Morgan fingerprint density at radius 2 is 2.05 bits per heavy atom. The van der Waals surface area contributed by atoms with Gasteiger partial charge >= 0.3 is 5.69 Å². The standard InChI is InChI=1S/C12H17N5O5/c1-5(18)13-4-3-6(19)8(20)9-14-7-10(15-9)17(2)12(22)16-11(7)21/h6,8,19-20H,3-4H2,1-2H3,(H,13,18)(H,14,15)(H,16,21,22). The highest BCUT2D eigenvalue weighted by atomic mass is 16.3. The number of rotatable bonds is 5. The van der Waals surface area contributed by atoms with E-state index in [1.54, 1.807) is 0 Å². The molecule has 120 valence electrons. The summed E-state index contributed by atoms with van der Waals surface area (Å²) in [5.74, 6) is -0.274. The average Bonchev–Trinajstić information content (AvgIpc) is 2.89. The Labute approximate surface area is 123 Å². The van der Waals surface area contributed by atoms with Gasteiger partial charge in [0.15, 0.2) is 5.65 Å². The van der Waals surface area contributed by atoms with Gasteiger partial charge in [0.25, 0.3) is 5.56 Å². The van der Waals surface area contributed by atoms with Crippen LogP contribution in [0.25, 0.3) is 11.2 Å². The Hall–Kier alpha value is -2.46. The summed E-state index contributed by atoms with van der Waals surface area (Å²) in [5, 5.41) is 22.4. The van der Waals surface area contributed by atoms with Gasteiger partial charge in [0.1, 0.15) is 17.4 Å². The lowest BCUT2D eigenvalue weighted by Crippen LogP contribution is -2.28. The van der Waals surface area contributed by atoms with E-state index < -0.39 is 23.5 Å². The van der Waals surface area contributed by atoms with Crippen LogP contribution in [0.3, 0.4) is 0 Å². The van der Waals surface area contributed by atoms with Crippen LogP contribution in [0, 0.1) is 0 Å². The Morgan fingerprint density at radius 3 is 2.68 bits per heavy atom. The Balaban J connectivity index is 2.25. The molecule has 0 spiro atoms. The van der Waals surface area contributed by atoms with Crippen molar-refractivity contribution < 1.29 is 15.0 Å². The second kappa shape index (κ2) is 6.12. The zero-order valence-corrected chi connectivity index (χ0v) is 12.1. The molecule has 0 bridgehead atoms. The van der Waals surface area contributed by atoms with Gasteiger partial charge in [0.05, 0.1) is 6.10 Å². The van der Waals surface area contributed by atoms with Gasteiger partial charge in [-0.25, -0.2) is 9.78 Å². The van der Waals surface area contributed by atoms with Crippen LogP contribution in [-0.2, 0) is 11.8 Å². The minimum Gasteiger partial charge on any atom is -0.390 e. The molecule has 0 fully saturated rings. The molecule has 0 radical (unpaired) electrons. The van der Waals surface area contributed by atoms with E-state index in [-0.39, 0.29) is 35.9 Å². The lowest BCUT2D eigenvalue weighted by molar-refractivity contribution is -0.119. The van der Waals surface area contributed by atoms with E-state index in [4.69, 9.17) is 0 Å². The SMILES string of the molecule is CC(=O)NCCC(O)C(O)c1nc2c([nH]1)c(=O)[nH]c(=O)n2C. The predicted octanol–water partition coefficient (Wildman–Crippen LogP) is -2.13. The lowest BCUT2D eigenvalue weighted by Gasteiger charge is -2.15. The summed E-state index contributed by atoms with van der Waals surface area (Å²) in [4.78, 5) is 42.6. The summed E-state index contributed by atoms with van der Waals surface area (Å²) in [6.45, 7) is 1.53. The molecule has 2 heterocycles. The molecule has 0 aliphatic heterocycles. The summed E-state index contributed by atoms with van der Waals surface area (Å²) < 4.78 is 1.12. The topological polar surface area (TPSA) is 153 Å². The molecule has 22 heavy (non-hydrogen) atoms. The number of hydrogen-bond donors (Lipinski definition) is 5. The maximum atomic E-state index is 11.7. The van der Waals surface area contributed by atoms with Crippen molar-refractivity contribution in [3.8, 4) is 0 Å². The molecule has 2 unspecified atom stereocenters. The third-order valence-electron chi connectivity index (χ3n) is 3.23. The molecule has 2 atom stereocenters. The van der Waals surface area contributed by atoms with E-state index in [1.807, 2.05) is 0 Å². The number of aromatic amines is 2. The maximum Gasteiger partial charge on any atom is 0.329 e. The second-order valence-electron chi connectivity index (χ2n) is 4.92. The van der Waals surface area contributed by atoms with Crippen molar-refractivity contribution in [2.75, 3.05) is 6.54 Å². The number of hydrogen-bond acceptors (Lipinski definition) is 6. The average molecular weight is 311 g/mol. The van der Waals surface area contributed by atoms with E-state index in [9.17, 15) is 24.6 Å². The molecule has 2 aromatic heterocycles. The quantitative estimate of drug-likeness (QED) is 0.425. The number of nitrogens with zero attached hydrogens (tertiary/aromatic N) is 2. The van der Waals surface area contributed by atoms with E-state index >= 15 is 0 Å². The number of fused-ring (bicyclic) bond motifs is 1. The fourth-order valence-corrected chi connectivity index (χ4v) is 2.00. The molecule has 2 rings (SSSR count). The van der Waals surface area contributed by atoms with Gasteiger partial charge in [-0.2, -0.15) is 0 Å². The first-order valence-corrected chi connectivity index (χ1v) is 6.60. The zero-order chi connectivity index (χ0) is 16.4. The molecule has 10 heteroatoms. The lowest BCUT2D eigenvalue weighted by atomic mass is 10.1. The first-order valence-electron chi connectivity index (χ1n) is 6.60. The number of aliphatic hydroxyl groups excluding tert-OH is 2. The third-order valence-corrected chi connectivity index (χ3v) is 3.23. The van der Waals surface area contributed by atoms with Crippen LogP contribution < -0.4 is 16.6 Å². The summed E-state index contributed by atoms with van der Waals surface area (Å²) in [6, 6.07) is 0. The van der Waals surface area contributed by atoms with Crippen molar-refractivity contribution in [2.45, 2.75) is 25.6 Å². The van der Waals surface area contributed by atoms with Crippen LogP contribution in [0.2, 0.25) is 0 Å². The molecule has 1 amide bonds. The summed E-state index contributed by atoms with van der Waals surface area (Å²) in [7, 11) is 1.42. The van der Waals surface area contributed by atoms with E-state index in [0.717, 1.165) is 4.57 Å². The summed E-state index contributed by atoms with van der Waals surface area (Å²) in [6.07, 6.45) is -2.47. The van der Waals surface area contributed by atoms with Crippen LogP contribution in [0.15, 0.2) is 9.59 Å². The van der Waals surface area contributed by atoms with Gasteiger partial charge < -0.3 is 20.5 Å². The van der Waals surface area contributed by atoms with E-state index in [0.29, 0.717) is 0 Å². The number of amides is 1. The van der Waals surface area contributed by atoms with Crippen molar-refractivity contribution in [3.05, 3.63) is 26.7 Å². The molecular formula is C12H17N5O5. The Kier molecular flexibility index (Phi) is 4.43. The molecule has 0 aromatic carbocycles. The zero-order valence-electron chi connectivity index (χ0n) is 12.1. The van der Waals surface area contributed by atoms with Crippen LogP contribution in [0.1, 0.15) is 25.3 Å². The van der Waals surface area contributed by atoms with Crippen molar-refractivity contribution in [2.24, 2.45) is 7.05 Å². The highest BCUT2D eigenvalue weighted by Gasteiger charge is 2.23. The minimum atomic E-state index is -1.38. The van der Waals surface area contributed by atoms with Crippen LogP contribution in [-0.4, -0.2) is 48.3 Å². The van der Waals surface area contributed by atoms with E-state index in [1.165, 1.54) is 14.0 Å². The van der Waals surface area contributed by atoms with Crippen molar-refractivity contribution in [1.29, 1.82) is 0 Å². The van der Waals surface area contributed by atoms with E-state index in [2.05, 4.69) is 20.3 Å². The van der Waals surface area contributed by atoms with Crippen LogP contribution in [0.5, 0.6) is 0 Å². The van der Waals surface area contributed by atoms with Crippen molar-refractivity contribution >= 4 is 17.1 Å². The largest absolute Gasteiger partial charge is 0.390 e. The Bertz CT molecular complexity index is 804. The van der Waals surface area contributed by atoms with Gasteiger partial charge in [-0.15, -0.1) is 0 Å². The van der Waals surface area contributed by atoms with Crippen LogP contribution in [0.4, 0.5) is 0 Å². The first-order chi connectivity index (χ1) is 10.3. The molecule has 0 aliphatic carbocycles. The minimum absolute atomic E-state index is 0.0305. The van der Waals surface area contributed by atoms with Crippen molar-refractivity contribution in [1.82, 2.24) is 24.8 Å². The number of nitrogens with one attached hydrogen (secondary N) is 3. The fourth-order valence-electron chi connectivity index (χ4n) is 2.00. The number of carbonyl (C=O) groups is 1. The summed E-state index contributed by atoms with van der Waals surface area (Å²) >= 11 is 0. The monoisotopic (exact) mass is 311 g/mol. The predicted molar refractivity (Wildman–Crippen MR) is 76.2 cm³/mol. The van der Waals surface area contributed by atoms with Gasteiger partial charge in [0, 0.05) is 20.5 Å². The number of H-pyrrole nitrogens is 2. The highest BCUT2D eigenvalue weighted by molar-refractivity contribution is 5.72. The smallest absolute Gasteiger partial charge is 0.329 e.